The van der Waals surface area contributed by atoms with E-state index in [4.69, 9.17) is 4.42 Å². The zero-order valence-electron chi connectivity index (χ0n) is 30.7. The second kappa shape index (κ2) is 14.4. The third-order valence-corrected chi connectivity index (χ3v) is 10.7. The topological polar surface area (TPSA) is 16.4 Å². The molecule has 0 aliphatic carbocycles. The number of fused-ring (bicyclic) bond motifs is 3. The van der Waals surface area contributed by atoms with E-state index in [0.29, 0.717) is 0 Å². The first-order valence-corrected chi connectivity index (χ1v) is 19.1. The number of para-hydroxylation sites is 3. The summed E-state index contributed by atoms with van der Waals surface area (Å²) in [7, 11) is 0. The number of furan rings is 1. The van der Waals surface area contributed by atoms with Crippen molar-refractivity contribution in [1.82, 2.24) is 0 Å². The zero-order valence-corrected chi connectivity index (χ0v) is 30.7. The van der Waals surface area contributed by atoms with Gasteiger partial charge in [0.2, 0.25) is 0 Å². The lowest BCUT2D eigenvalue weighted by Gasteiger charge is -2.29. The number of anilines is 3. The Labute approximate surface area is 327 Å². The number of hydrogen-bond acceptors (Lipinski definition) is 2. The Morgan fingerprint density at radius 3 is 1.54 bits per heavy atom. The molecule has 1 heterocycles. The summed E-state index contributed by atoms with van der Waals surface area (Å²) < 4.78 is 6.25. The summed E-state index contributed by atoms with van der Waals surface area (Å²) >= 11 is 0. The van der Waals surface area contributed by atoms with Gasteiger partial charge in [-0.1, -0.05) is 170 Å². The summed E-state index contributed by atoms with van der Waals surface area (Å²) in [6.45, 7) is 0. The lowest BCUT2D eigenvalue weighted by molar-refractivity contribution is 0.669. The summed E-state index contributed by atoms with van der Waals surface area (Å²) in [5, 5.41) is 2.28. The van der Waals surface area contributed by atoms with Gasteiger partial charge in [-0.15, -0.1) is 0 Å². The molecular weight excluding hydrogens is 679 g/mol. The average Bonchev–Trinajstić information content (AvgIpc) is 3.66. The minimum atomic E-state index is 0.899. The van der Waals surface area contributed by atoms with Crippen LogP contribution in [-0.4, -0.2) is 0 Å². The van der Waals surface area contributed by atoms with Crippen LogP contribution in [0.3, 0.4) is 0 Å². The van der Waals surface area contributed by atoms with Crippen LogP contribution in [0.2, 0.25) is 0 Å². The quantitative estimate of drug-likeness (QED) is 0.156. The fourth-order valence-electron chi connectivity index (χ4n) is 8.01. The first kappa shape index (κ1) is 33.2. The highest BCUT2D eigenvalue weighted by Gasteiger charge is 2.21. The molecule has 0 aliphatic heterocycles. The van der Waals surface area contributed by atoms with Gasteiger partial charge < -0.3 is 9.32 Å². The van der Waals surface area contributed by atoms with Crippen LogP contribution in [0.4, 0.5) is 17.1 Å². The average molecular weight is 716 g/mol. The van der Waals surface area contributed by atoms with Gasteiger partial charge in [-0.25, -0.2) is 0 Å². The van der Waals surface area contributed by atoms with Crippen molar-refractivity contribution in [2.24, 2.45) is 0 Å². The van der Waals surface area contributed by atoms with Gasteiger partial charge in [-0.05, 0) is 105 Å². The lowest BCUT2D eigenvalue weighted by atomic mass is 9.86. The first-order chi connectivity index (χ1) is 27.8. The van der Waals surface area contributed by atoms with Gasteiger partial charge in [0.1, 0.15) is 11.2 Å². The van der Waals surface area contributed by atoms with Crippen molar-refractivity contribution in [3.63, 3.8) is 0 Å². The van der Waals surface area contributed by atoms with E-state index in [1.807, 2.05) is 12.1 Å². The maximum absolute atomic E-state index is 6.25. The molecule has 0 saturated carbocycles. The molecule has 10 rings (SSSR count). The van der Waals surface area contributed by atoms with Crippen LogP contribution in [0, 0.1) is 0 Å². The van der Waals surface area contributed by atoms with Crippen molar-refractivity contribution >= 4 is 39.0 Å². The van der Waals surface area contributed by atoms with Crippen LogP contribution in [0.5, 0.6) is 0 Å². The standard InChI is InChI=1S/C54H37NO/c1-4-16-38(17-5-1)41-30-34-47(51(36-41)46-23-11-10-22-45(46)40-18-6-2-7-19-40)48-24-12-14-26-52(48)55(43-20-8-3-9-21-43)44-32-28-39(29-33-44)42-31-35-50-49-25-13-15-27-53(49)56-54(50)37-42/h1-37H. The molecule has 0 aliphatic rings. The summed E-state index contributed by atoms with van der Waals surface area (Å²) in [5.74, 6) is 0. The Morgan fingerprint density at radius 2 is 0.768 bits per heavy atom. The lowest BCUT2D eigenvalue weighted by Crippen LogP contribution is -2.11. The van der Waals surface area contributed by atoms with E-state index in [0.717, 1.165) is 55.7 Å². The Hall–Kier alpha value is -7.42. The summed E-state index contributed by atoms with van der Waals surface area (Å²) in [6, 6.07) is 80.2. The van der Waals surface area contributed by atoms with Crippen molar-refractivity contribution in [2.45, 2.75) is 0 Å². The van der Waals surface area contributed by atoms with Crippen LogP contribution >= 0.6 is 0 Å². The van der Waals surface area contributed by atoms with E-state index in [2.05, 4.69) is 217 Å². The van der Waals surface area contributed by atoms with E-state index >= 15 is 0 Å². The molecule has 0 unspecified atom stereocenters. The highest BCUT2D eigenvalue weighted by atomic mass is 16.3. The van der Waals surface area contributed by atoms with Gasteiger partial charge >= 0.3 is 0 Å². The van der Waals surface area contributed by atoms with Crippen LogP contribution in [-0.2, 0) is 0 Å². The van der Waals surface area contributed by atoms with Crippen LogP contribution in [0.25, 0.3) is 77.6 Å². The normalized spacial score (nSPS) is 11.2. The molecule has 56 heavy (non-hydrogen) atoms. The molecule has 0 amide bonds. The number of hydrogen-bond donors (Lipinski definition) is 0. The van der Waals surface area contributed by atoms with E-state index in [-0.39, 0.29) is 0 Å². The second-order valence-electron chi connectivity index (χ2n) is 14.1. The molecule has 0 fully saturated rings. The molecule has 2 heteroatoms. The van der Waals surface area contributed by atoms with Gasteiger partial charge in [0.25, 0.3) is 0 Å². The van der Waals surface area contributed by atoms with Crippen molar-refractivity contribution < 1.29 is 4.42 Å². The Morgan fingerprint density at radius 1 is 0.268 bits per heavy atom. The van der Waals surface area contributed by atoms with Gasteiger partial charge in [0, 0.05) is 27.7 Å². The maximum atomic E-state index is 6.25. The van der Waals surface area contributed by atoms with Gasteiger partial charge in [0.15, 0.2) is 0 Å². The van der Waals surface area contributed by atoms with Gasteiger partial charge in [0.05, 0.1) is 5.69 Å². The molecule has 0 bridgehead atoms. The van der Waals surface area contributed by atoms with E-state index in [9.17, 15) is 0 Å². The van der Waals surface area contributed by atoms with E-state index < -0.39 is 0 Å². The SMILES string of the molecule is c1ccc(-c2ccc(-c3ccccc3N(c3ccccc3)c3ccc(-c4ccc5c(c4)oc4ccccc45)cc3)c(-c3ccccc3-c3ccccc3)c2)cc1. The number of rotatable bonds is 8. The number of benzene rings is 9. The van der Waals surface area contributed by atoms with Crippen LogP contribution < -0.4 is 4.90 Å². The summed E-state index contributed by atoms with van der Waals surface area (Å²) in [6.07, 6.45) is 0. The van der Waals surface area contributed by atoms with Crippen LogP contribution in [0.1, 0.15) is 0 Å². The monoisotopic (exact) mass is 715 g/mol. The van der Waals surface area contributed by atoms with Crippen LogP contribution in [0.15, 0.2) is 229 Å². The summed E-state index contributed by atoms with van der Waals surface area (Å²) in [4.78, 5) is 2.37. The van der Waals surface area contributed by atoms with Gasteiger partial charge in [-0.3, -0.25) is 0 Å². The smallest absolute Gasteiger partial charge is 0.136 e. The van der Waals surface area contributed by atoms with E-state index in [1.165, 1.54) is 38.9 Å². The van der Waals surface area contributed by atoms with Crippen molar-refractivity contribution in [3.05, 3.63) is 224 Å². The Kier molecular flexibility index (Phi) is 8.55. The molecular formula is C54H37NO. The fourth-order valence-corrected chi connectivity index (χ4v) is 8.01. The first-order valence-electron chi connectivity index (χ1n) is 19.1. The molecule has 264 valence electrons. The molecule has 0 spiro atoms. The highest BCUT2D eigenvalue weighted by molar-refractivity contribution is 6.06. The predicted octanol–water partition coefficient (Wildman–Crippen LogP) is 15.4. The molecule has 0 N–H and O–H groups in total. The molecule has 0 atom stereocenters. The molecule has 0 radical (unpaired) electrons. The molecule has 2 nitrogen and oxygen atoms in total. The van der Waals surface area contributed by atoms with E-state index in [1.54, 1.807) is 0 Å². The highest BCUT2D eigenvalue weighted by Crippen LogP contribution is 2.46. The fraction of sp³-hybridized carbons (Fsp3) is 0. The van der Waals surface area contributed by atoms with Crippen molar-refractivity contribution in [2.75, 3.05) is 4.90 Å². The van der Waals surface area contributed by atoms with Gasteiger partial charge in [-0.2, -0.15) is 0 Å². The second-order valence-corrected chi connectivity index (χ2v) is 14.1. The largest absolute Gasteiger partial charge is 0.456 e. The zero-order chi connectivity index (χ0) is 37.3. The molecule has 9 aromatic carbocycles. The minimum absolute atomic E-state index is 0.899. The maximum Gasteiger partial charge on any atom is 0.136 e. The third-order valence-electron chi connectivity index (χ3n) is 10.7. The summed E-state index contributed by atoms with van der Waals surface area (Å²) in [5.41, 5.74) is 16.8. The van der Waals surface area contributed by atoms with Crippen molar-refractivity contribution in [1.29, 1.82) is 0 Å². The Balaban J connectivity index is 1.12. The third kappa shape index (κ3) is 6.14. The molecule has 0 saturated heterocycles. The minimum Gasteiger partial charge on any atom is -0.456 e. The molecule has 1 aromatic heterocycles. The van der Waals surface area contributed by atoms with Crippen molar-refractivity contribution in [3.8, 4) is 55.6 Å². The number of nitrogens with zero attached hydrogens (tertiary/aromatic N) is 1. The predicted molar refractivity (Wildman–Crippen MR) is 236 cm³/mol. The molecule has 10 aromatic rings. The Bertz CT molecular complexity index is 2950.